The van der Waals surface area contributed by atoms with Gasteiger partial charge in [-0.1, -0.05) is 0 Å². The zero-order chi connectivity index (χ0) is 18.2. The molecule has 134 valence electrons. The molecule has 2 aromatic heterocycles. The van der Waals surface area contributed by atoms with E-state index in [1.165, 1.54) is 16.2 Å². The van der Waals surface area contributed by atoms with Crippen molar-refractivity contribution in [3.63, 3.8) is 0 Å². The number of carbonyl (C=O) groups excluding carboxylic acids is 2. The molecular formula is C15H14F3N3O3S. The minimum Gasteiger partial charge on any atom is -0.459 e. The van der Waals surface area contributed by atoms with Gasteiger partial charge in [0.15, 0.2) is 10.8 Å². The standard InChI is InChI=1S/C15H14F3N3O3S/c1-9-2-3-11(24-9)13-19-10(7-25-13)14(23)20-4-5-21(12(22)6-20)8-15(16,17)18/h2-3,7H,4-6,8H2,1H3. The molecule has 0 aromatic carbocycles. The molecule has 3 heterocycles. The monoisotopic (exact) mass is 373 g/mol. The summed E-state index contributed by atoms with van der Waals surface area (Å²) in [6.07, 6.45) is -4.45. The van der Waals surface area contributed by atoms with E-state index < -0.39 is 24.5 Å². The number of amides is 2. The van der Waals surface area contributed by atoms with Crippen molar-refractivity contribution in [3.05, 3.63) is 29.0 Å². The van der Waals surface area contributed by atoms with E-state index in [2.05, 4.69) is 4.98 Å². The van der Waals surface area contributed by atoms with Crippen molar-refractivity contribution in [2.45, 2.75) is 13.1 Å². The van der Waals surface area contributed by atoms with Crippen LogP contribution in [-0.4, -0.2) is 59.0 Å². The van der Waals surface area contributed by atoms with Crippen molar-refractivity contribution in [1.29, 1.82) is 0 Å². The van der Waals surface area contributed by atoms with Crippen LogP contribution < -0.4 is 0 Å². The molecule has 0 bridgehead atoms. The molecule has 1 saturated heterocycles. The molecular weight excluding hydrogens is 359 g/mol. The SMILES string of the molecule is Cc1ccc(-c2nc(C(=O)N3CCN(CC(F)(F)F)C(=O)C3)cs2)o1. The molecule has 2 amide bonds. The largest absolute Gasteiger partial charge is 0.459 e. The number of carbonyl (C=O) groups is 2. The minimum atomic E-state index is -4.45. The molecule has 0 unspecified atom stereocenters. The zero-order valence-corrected chi connectivity index (χ0v) is 14.0. The zero-order valence-electron chi connectivity index (χ0n) is 13.2. The maximum Gasteiger partial charge on any atom is 0.406 e. The molecule has 0 aliphatic carbocycles. The smallest absolute Gasteiger partial charge is 0.406 e. The molecule has 0 spiro atoms. The van der Waals surface area contributed by atoms with Crippen LogP contribution in [0.5, 0.6) is 0 Å². The molecule has 0 radical (unpaired) electrons. The fraction of sp³-hybridized carbons (Fsp3) is 0.400. The molecule has 1 aliphatic rings. The number of furan rings is 1. The Labute approximate surface area is 144 Å². The summed E-state index contributed by atoms with van der Waals surface area (Å²) >= 11 is 1.22. The van der Waals surface area contributed by atoms with Gasteiger partial charge in [-0.25, -0.2) is 4.98 Å². The van der Waals surface area contributed by atoms with Crippen LogP contribution in [0.25, 0.3) is 10.8 Å². The van der Waals surface area contributed by atoms with Gasteiger partial charge >= 0.3 is 6.18 Å². The van der Waals surface area contributed by atoms with E-state index in [0.29, 0.717) is 21.4 Å². The van der Waals surface area contributed by atoms with E-state index in [4.69, 9.17) is 4.42 Å². The first-order valence-corrected chi connectivity index (χ1v) is 8.27. The van der Waals surface area contributed by atoms with Crippen LogP contribution in [0.2, 0.25) is 0 Å². The van der Waals surface area contributed by atoms with E-state index in [0.717, 1.165) is 0 Å². The number of halogens is 3. The quantitative estimate of drug-likeness (QED) is 0.829. The Morgan fingerprint density at radius 2 is 2.12 bits per heavy atom. The topological polar surface area (TPSA) is 66.7 Å². The molecule has 1 fully saturated rings. The van der Waals surface area contributed by atoms with E-state index >= 15 is 0 Å². The summed E-state index contributed by atoms with van der Waals surface area (Å²) in [5.74, 6) is 0.0388. The summed E-state index contributed by atoms with van der Waals surface area (Å²) in [7, 11) is 0. The second-order valence-electron chi connectivity index (χ2n) is 5.61. The Balaban J connectivity index is 1.66. The Kier molecular flexibility index (Phi) is 4.55. The molecule has 0 atom stereocenters. The van der Waals surface area contributed by atoms with Gasteiger partial charge in [-0.15, -0.1) is 11.3 Å². The van der Waals surface area contributed by atoms with Crippen molar-refractivity contribution in [2.24, 2.45) is 0 Å². The highest BCUT2D eigenvalue weighted by Gasteiger charge is 2.36. The first-order valence-electron chi connectivity index (χ1n) is 7.39. The third-order valence-corrected chi connectivity index (χ3v) is 4.51. The Bertz CT molecular complexity index is 799. The summed E-state index contributed by atoms with van der Waals surface area (Å²) in [6, 6.07) is 3.51. The molecule has 10 heteroatoms. The van der Waals surface area contributed by atoms with Crippen LogP contribution in [0.3, 0.4) is 0 Å². The van der Waals surface area contributed by atoms with Crippen molar-refractivity contribution in [1.82, 2.24) is 14.8 Å². The van der Waals surface area contributed by atoms with Crippen molar-refractivity contribution < 1.29 is 27.2 Å². The van der Waals surface area contributed by atoms with Crippen LogP contribution in [0, 0.1) is 6.92 Å². The molecule has 1 aliphatic heterocycles. The van der Waals surface area contributed by atoms with Gasteiger partial charge in [-0.3, -0.25) is 9.59 Å². The lowest BCUT2D eigenvalue weighted by Crippen LogP contribution is -2.54. The van der Waals surface area contributed by atoms with Crippen molar-refractivity contribution >= 4 is 23.2 Å². The number of nitrogens with zero attached hydrogens (tertiary/aromatic N) is 3. The van der Waals surface area contributed by atoms with Gasteiger partial charge in [0.05, 0.1) is 0 Å². The normalized spacial score (nSPS) is 15.8. The molecule has 3 rings (SSSR count). The van der Waals surface area contributed by atoms with Gasteiger partial charge in [0, 0.05) is 18.5 Å². The number of aryl methyl sites for hydroxylation is 1. The Morgan fingerprint density at radius 3 is 2.72 bits per heavy atom. The van der Waals surface area contributed by atoms with Gasteiger partial charge in [-0.05, 0) is 19.1 Å². The fourth-order valence-corrected chi connectivity index (χ4v) is 3.22. The van der Waals surface area contributed by atoms with Gasteiger partial charge in [0.1, 0.15) is 24.5 Å². The highest BCUT2D eigenvalue weighted by Crippen LogP contribution is 2.26. The number of rotatable bonds is 3. The number of piperazine rings is 1. The number of hydrogen-bond acceptors (Lipinski definition) is 5. The molecule has 0 saturated carbocycles. The average molecular weight is 373 g/mol. The third kappa shape index (κ3) is 4.01. The van der Waals surface area contributed by atoms with Crippen molar-refractivity contribution in [3.8, 4) is 10.8 Å². The van der Waals surface area contributed by atoms with Crippen LogP contribution in [0.4, 0.5) is 13.2 Å². The van der Waals surface area contributed by atoms with E-state index in [1.54, 1.807) is 24.4 Å². The number of alkyl halides is 3. The first-order chi connectivity index (χ1) is 11.7. The molecule has 0 N–H and O–H groups in total. The van der Waals surface area contributed by atoms with Crippen LogP contribution in [0.15, 0.2) is 21.9 Å². The Hall–Kier alpha value is -2.36. The van der Waals surface area contributed by atoms with Crippen molar-refractivity contribution in [2.75, 3.05) is 26.2 Å². The lowest BCUT2D eigenvalue weighted by Gasteiger charge is -2.34. The average Bonchev–Trinajstić information content (AvgIpc) is 3.16. The van der Waals surface area contributed by atoms with Gasteiger partial charge in [0.25, 0.3) is 5.91 Å². The second-order valence-corrected chi connectivity index (χ2v) is 6.46. The third-order valence-electron chi connectivity index (χ3n) is 3.65. The van der Waals surface area contributed by atoms with Crippen LogP contribution >= 0.6 is 11.3 Å². The molecule has 25 heavy (non-hydrogen) atoms. The summed E-state index contributed by atoms with van der Waals surface area (Å²) in [5.41, 5.74) is 0.145. The minimum absolute atomic E-state index is 0.0351. The summed E-state index contributed by atoms with van der Waals surface area (Å²) in [4.78, 5) is 30.4. The fourth-order valence-electron chi connectivity index (χ4n) is 2.46. The first kappa shape index (κ1) is 17.5. The number of aromatic nitrogens is 1. The lowest BCUT2D eigenvalue weighted by atomic mass is 10.2. The number of hydrogen-bond donors (Lipinski definition) is 0. The van der Waals surface area contributed by atoms with Gasteiger partial charge < -0.3 is 14.2 Å². The summed E-state index contributed by atoms with van der Waals surface area (Å²) < 4.78 is 42.7. The maximum absolute atomic E-state index is 12.4. The van der Waals surface area contributed by atoms with Crippen LogP contribution in [0.1, 0.15) is 16.2 Å². The maximum atomic E-state index is 12.4. The van der Waals surface area contributed by atoms with Gasteiger partial charge in [0.2, 0.25) is 5.91 Å². The Morgan fingerprint density at radius 1 is 1.36 bits per heavy atom. The predicted octanol–water partition coefficient (Wildman–Crippen LogP) is 2.56. The lowest BCUT2D eigenvalue weighted by molar-refractivity contribution is -0.164. The van der Waals surface area contributed by atoms with Gasteiger partial charge in [-0.2, -0.15) is 13.2 Å². The second kappa shape index (κ2) is 6.51. The summed E-state index contributed by atoms with van der Waals surface area (Å²) in [6.45, 7) is -0.0186. The number of thiazole rings is 1. The van der Waals surface area contributed by atoms with Crippen LogP contribution in [-0.2, 0) is 4.79 Å². The molecule has 2 aromatic rings. The summed E-state index contributed by atoms with van der Waals surface area (Å²) in [5, 5.41) is 2.07. The van der Waals surface area contributed by atoms with E-state index in [9.17, 15) is 22.8 Å². The van der Waals surface area contributed by atoms with E-state index in [1.807, 2.05) is 0 Å². The highest BCUT2D eigenvalue weighted by atomic mass is 32.1. The van der Waals surface area contributed by atoms with E-state index in [-0.39, 0.29) is 25.3 Å². The molecule has 6 nitrogen and oxygen atoms in total. The predicted molar refractivity (Wildman–Crippen MR) is 83.1 cm³/mol. The highest BCUT2D eigenvalue weighted by molar-refractivity contribution is 7.13.